The minimum Gasteiger partial charge on any atom is -0.385 e. The number of hydrogen-bond donors (Lipinski definition) is 0. The highest BCUT2D eigenvalue weighted by molar-refractivity contribution is 6.01. The summed E-state index contributed by atoms with van der Waals surface area (Å²) in [7, 11) is 1.60. The molecule has 2 aromatic rings. The summed E-state index contributed by atoms with van der Waals surface area (Å²) in [4.78, 5) is 25.2. The lowest BCUT2D eigenvalue weighted by molar-refractivity contribution is -0.384. The Balaban J connectivity index is 2.51. The van der Waals surface area contributed by atoms with Crippen molar-refractivity contribution in [2.75, 3.05) is 18.6 Å². The number of nitrogens with zero attached hydrogens (tertiary/aromatic N) is 2. The number of benzene rings is 2. The van der Waals surface area contributed by atoms with Gasteiger partial charge in [0.1, 0.15) is 0 Å². The molecule has 6 nitrogen and oxygen atoms in total. The van der Waals surface area contributed by atoms with Crippen molar-refractivity contribution in [3.8, 4) is 0 Å². The van der Waals surface area contributed by atoms with Gasteiger partial charge in [0.05, 0.1) is 10.6 Å². The highest BCUT2D eigenvalue weighted by atomic mass is 16.6. The van der Waals surface area contributed by atoms with Gasteiger partial charge >= 0.3 is 0 Å². The minimum atomic E-state index is -0.447. The monoisotopic (exact) mass is 370 g/mol. The maximum Gasteiger partial charge on any atom is 0.269 e. The van der Waals surface area contributed by atoms with Crippen molar-refractivity contribution < 1.29 is 14.5 Å². The molecule has 0 spiro atoms. The Morgan fingerprint density at radius 2 is 1.74 bits per heavy atom. The highest BCUT2D eigenvalue weighted by Crippen LogP contribution is 2.36. The van der Waals surface area contributed by atoms with Gasteiger partial charge in [-0.2, -0.15) is 0 Å². The molecule has 0 heterocycles. The first-order chi connectivity index (χ1) is 12.8. The van der Waals surface area contributed by atoms with E-state index in [0.29, 0.717) is 25.1 Å². The average molecular weight is 370 g/mol. The number of ether oxygens (including phenoxy) is 1. The molecule has 2 aromatic carbocycles. The van der Waals surface area contributed by atoms with Gasteiger partial charge in [-0.1, -0.05) is 39.0 Å². The smallest absolute Gasteiger partial charge is 0.269 e. The predicted molar refractivity (Wildman–Crippen MR) is 106 cm³/mol. The van der Waals surface area contributed by atoms with Gasteiger partial charge in [0.2, 0.25) is 5.91 Å². The number of para-hydroxylation sites is 1. The Morgan fingerprint density at radius 1 is 1.11 bits per heavy atom. The Kier molecular flexibility index (Phi) is 6.69. The van der Waals surface area contributed by atoms with Crippen LogP contribution in [0.25, 0.3) is 0 Å². The van der Waals surface area contributed by atoms with Crippen LogP contribution in [0.3, 0.4) is 0 Å². The van der Waals surface area contributed by atoms with Gasteiger partial charge in [0.15, 0.2) is 0 Å². The Morgan fingerprint density at radius 3 is 2.30 bits per heavy atom. The molecule has 0 radical (unpaired) electrons. The molecular weight excluding hydrogens is 344 g/mol. The van der Waals surface area contributed by atoms with Crippen LogP contribution >= 0.6 is 0 Å². The first-order valence-corrected chi connectivity index (χ1v) is 8.91. The zero-order valence-corrected chi connectivity index (χ0v) is 16.3. The summed E-state index contributed by atoms with van der Waals surface area (Å²) in [6, 6.07) is 13.8. The van der Waals surface area contributed by atoms with Crippen molar-refractivity contribution in [3.05, 3.63) is 64.2 Å². The molecule has 0 saturated carbocycles. The van der Waals surface area contributed by atoms with Gasteiger partial charge in [0, 0.05) is 38.0 Å². The molecule has 0 N–H and O–H groups in total. The molecule has 0 atom stereocenters. The maximum atomic E-state index is 13.1. The highest BCUT2D eigenvalue weighted by Gasteiger charge is 2.25. The lowest BCUT2D eigenvalue weighted by Gasteiger charge is -2.30. The number of hydrogen-bond acceptors (Lipinski definition) is 4. The van der Waals surface area contributed by atoms with Crippen LogP contribution in [-0.2, 0) is 14.9 Å². The summed E-state index contributed by atoms with van der Waals surface area (Å²) >= 11 is 0. The molecule has 144 valence electrons. The topological polar surface area (TPSA) is 72.7 Å². The molecule has 1 amide bonds. The van der Waals surface area contributed by atoms with Gasteiger partial charge in [-0.05, 0) is 35.6 Å². The number of rotatable bonds is 7. The van der Waals surface area contributed by atoms with E-state index in [4.69, 9.17) is 4.74 Å². The van der Waals surface area contributed by atoms with Crippen LogP contribution in [0.4, 0.5) is 17.1 Å². The third-order valence-electron chi connectivity index (χ3n) is 4.26. The van der Waals surface area contributed by atoms with E-state index in [2.05, 4.69) is 20.8 Å². The normalized spacial score (nSPS) is 11.3. The van der Waals surface area contributed by atoms with Crippen molar-refractivity contribution in [2.24, 2.45) is 0 Å². The second-order valence-corrected chi connectivity index (χ2v) is 7.37. The second-order valence-electron chi connectivity index (χ2n) is 7.37. The number of nitro groups is 1. The van der Waals surface area contributed by atoms with E-state index in [1.54, 1.807) is 24.1 Å². The summed E-state index contributed by atoms with van der Waals surface area (Å²) in [6.07, 6.45) is 0.930. The second kappa shape index (κ2) is 8.77. The summed E-state index contributed by atoms with van der Waals surface area (Å²) in [6.45, 7) is 6.78. The van der Waals surface area contributed by atoms with E-state index in [1.807, 2.05) is 24.3 Å². The SMILES string of the molecule is COCCCC(=O)N(c1ccc([N+](=O)[O-])cc1)c1ccccc1C(C)(C)C. The van der Waals surface area contributed by atoms with E-state index in [1.165, 1.54) is 12.1 Å². The Hall–Kier alpha value is -2.73. The fraction of sp³-hybridized carbons (Fsp3) is 0.381. The number of carbonyl (C=O) groups excluding carboxylic acids is 1. The third kappa shape index (κ3) is 5.14. The quantitative estimate of drug-likeness (QED) is 0.391. The van der Waals surface area contributed by atoms with Crippen molar-refractivity contribution in [1.29, 1.82) is 0 Å². The predicted octanol–water partition coefficient (Wildman–Crippen LogP) is 4.98. The van der Waals surface area contributed by atoms with Crippen molar-refractivity contribution in [1.82, 2.24) is 0 Å². The van der Waals surface area contributed by atoms with Gasteiger partial charge in [-0.25, -0.2) is 0 Å². The van der Waals surface area contributed by atoms with Gasteiger partial charge in [-0.3, -0.25) is 19.8 Å². The van der Waals surface area contributed by atoms with Gasteiger partial charge < -0.3 is 4.74 Å². The van der Waals surface area contributed by atoms with Crippen LogP contribution < -0.4 is 4.90 Å². The molecule has 0 aliphatic heterocycles. The van der Waals surface area contributed by atoms with Crippen LogP contribution in [0.5, 0.6) is 0 Å². The number of carbonyl (C=O) groups is 1. The molecule has 0 fully saturated rings. The van der Waals surface area contributed by atoms with Crippen molar-refractivity contribution >= 4 is 23.0 Å². The molecule has 6 heteroatoms. The zero-order chi connectivity index (χ0) is 20.0. The van der Waals surface area contributed by atoms with Crippen molar-refractivity contribution in [2.45, 2.75) is 39.0 Å². The number of non-ortho nitro benzene ring substituents is 1. The molecule has 0 bridgehead atoms. The van der Waals surface area contributed by atoms with Crippen LogP contribution in [0, 0.1) is 10.1 Å². The minimum absolute atomic E-state index is 0.00496. The van der Waals surface area contributed by atoms with Crippen LogP contribution in [0.1, 0.15) is 39.2 Å². The van der Waals surface area contributed by atoms with Gasteiger partial charge in [0.25, 0.3) is 5.69 Å². The zero-order valence-electron chi connectivity index (χ0n) is 16.3. The molecule has 2 rings (SSSR count). The molecule has 0 aliphatic rings. The maximum absolute atomic E-state index is 13.1. The molecule has 0 saturated heterocycles. The van der Waals surface area contributed by atoms with Crippen LogP contribution in [0.2, 0.25) is 0 Å². The van der Waals surface area contributed by atoms with Crippen LogP contribution in [0.15, 0.2) is 48.5 Å². The Labute approximate surface area is 159 Å². The standard InChI is InChI=1S/C21H26N2O4/c1-21(2,3)18-8-5-6-9-19(18)22(20(24)10-7-15-27-4)16-11-13-17(14-12-16)23(25)26/h5-6,8-9,11-14H,7,10,15H2,1-4H3. The summed E-state index contributed by atoms with van der Waals surface area (Å²) in [5.74, 6) is -0.0717. The fourth-order valence-corrected chi connectivity index (χ4v) is 2.92. The first-order valence-electron chi connectivity index (χ1n) is 8.91. The van der Waals surface area contributed by atoms with E-state index in [-0.39, 0.29) is 17.0 Å². The van der Waals surface area contributed by atoms with Gasteiger partial charge in [-0.15, -0.1) is 0 Å². The number of methoxy groups -OCH3 is 1. The third-order valence-corrected chi connectivity index (χ3v) is 4.26. The molecule has 27 heavy (non-hydrogen) atoms. The lowest BCUT2D eigenvalue weighted by Crippen LogP contribution is -2.29. The number of nitro benzene ring substituents is 1. The Bertz CT molecular complexity index is 795. The molecule has 0 aliphatic carbocycles. The first kappa shape index (κ1) is 20.6. The van der Waals surface area contributed by atoms with E-state index in [9.17, 15) is 14.9 Å². The lowest BCUT2D eigenvalue weighted by atomic mass is 9.85. The summed E-state index contributed by atoms with van der Waals surface area (Å²) in [5.41, 5.74) is 2.27. The summed E-state index contributed by atoms with van der Waals surface area (Å²) in [5, 5.41) is 11.0. The molecular formula is C21H26N2O4. The average Bonchev–Trinajstić information content (AvgIpc) is 2.62. The van der Waals surface area contributed by atoms with E-state index >= 15 is 0 Å². The molecule has 0 aromatic heterocycles. The van der Waals surface area contributed by atoms with E-state index < -0.39 is 4.92 Å². The summed E-state index contributed by atoms with van der Waals surface area (Å²) < 4.78 is 5.06. The fourth-order valence-electron chi connectivity index (χ4n) is 2.92. The molecule has 0 unspecified atom stereocenters. The van der Waals surface area contributed by atoms with Crippen LogP contribution in [-0.4, -0.2) is 24.5 Å². The number of amides is 1. The van der Waals surface area contributed by atoms with Crippen molar-refractivity contribution in [3.63, 3.8) is 0 Å². The largest absolute Gasteiger partial charge is 0.385 e. The van der Waals surface area contributed by atoms with E-state index in [0.717, 1.165) is 11.3 Å². The number of anilines is 2.